The summed E-state index contributed by atoms with van der Waals surface area (Å²) in [5.41, 5.74) is 1.66. The second-order valence-electron chi connectivity index (χ2n) is 7.28. The summed E-state index contributed by atoms with van der Waals surface area (Å²) in [6.45, 7) is 1.92. The zero-order chi connectivity index (χ0) is 23.6. The van der Waals surface area contributed by atoms with Gasteiger partial charge in [-0.1, -0.05) is 43.3 Å². The number of rotatable bonds is 10. The molecule has 2 aromatic carbocycles. The Bertz CT molecular complexity index is 1010. The van der Waals surface area contributed by atoms with Crippen LogP contribution >= 0.6 is 0 Å². The minimum absolute atomic E-state index is 0.120. The molecule has 1 aliphatic heterocycles. The highest BCUT2D eigenvalue weighted by atomic mass is 16.7. The van der Waals surface area contributed by atoms with Crippen molar-refractivity contribution >= 4 is 23.6 Å². The molecule has 0 saturated carbocycles. The van der Waals surface area contributed by atoms with E-state index < -0.39 is 29.7 Å². The summed E-state index contributed by atoms with van der Waals surface area (Å²) in [6, 6.07) is 13.0. The van der Waals surface area contributed by atoms with Crippen molar-refractivity contribution in [3.63, 3.8) is 0 Å². The van der Waals surface area contributed by atoms with E-state index in [1.165, 1.54) is 0 Å². The minimum Gasteiger partial charge on any atom is -0.454 e. The van der Waals surface area contributed by atoms with Crippen molar-refractivity contribution in [2.24, 2.45) is 0 Å². The molecule has 10 heteroatoms. The van der Waals surface area contributed by atoms with Gasteiger partial charge in [0.25, 0.3) is 5.91 Å². The van der Waals surface area contributed by atoms with Gasteiger partial charge in [-0.15, -0.1) is 0 Å². The molecule has 1 atom stereocenters. The summed E-state index contributed by atoms with van der Waals surface area (Å²) >= 11 is 0. The van der Waals surface area contributed by atoms with Crippen molar-refractivity contribution in [1.82, 2.24) is 21.3 Å². The van der Waals surface area contributed by atoms with E-state index in [9.17, 15) is 19.2 Å². The number of hydrogen-bond donors (Lipinski definition) is 4. The molecule has 1 unspecified atom stereocenters. The maximum absolute atomic E-state index is 12.4. The van der Waals surface area contributed by atoms with Crippen LogP contribution in [0.25, 0.3) is 0 Å². The van der Waals surface area contributed by atoms with Crippen LogP contribution < -0.4 is 30.7 Å². The monoisotopic (exact) mass is 454 g/mol. The predicted octanol–water partition coefficient (Wildman–Crippen LogP) is 0.995. The summed E-state index contributed by atoms with van der Waals surface area (Å²) in [6.07, 6.45) is 0.224. The molecular weight excluding hydrogens is 428 g/mol. The van der Waals surface area contributed by atoms with E-state index in [0.717, 1.165) is 11.1 Å². The first-order chi connectivity index (χ1) is 16.0. The summed E-state index contributed by atoms with van der Waals surface area (Å²) in [5.74, 6) is -0.952. The lowest BCUT2D eigenvalue weighted by molar-refractivity contribution is -0.140. The smallest absolute Gasteiger partial charge is 0.315 e. The Morgan fingerprint density at radius 1 is 0.879 bits per heavy atom. The number of ether oxygens (including phenoxy) is 2. The fourth-order valence-electron chi connectivity index (χ4n) is 3.08. The minimum atomic E-state index is -0.997. The first-order valence-corrected chi connectivity index (χ1v) is 10.5. The third-order valence-electron chi connectivity index (χ3n) is 4.88. The third-order valence-corrected chi connectivity index (χ3v) is 4.88. The maximum atomic E-state index is 12.4. The Balaban J connectivity index is 1.40. The second-order valence-corrected chi connectivity index (χ2v) is 7.28. The van der Waals surface area contributed by atoms with Crippen molar-refractivity contribution < 1.29 is 28.7 Å². The molecular formula is C23H26N4O6. The van der Waals surface area contributed by atoms with Crippen molar-refractivity contribution in [2.45, 2.75) is 32.5 Å². The number of carbonyl (C=O) groups excluding carboxylic acids is 4. The molecule has 4 amide bonds. The highest BCUT2D eigenvalue weighted by molar-refractivity contribution is 6.38. The Morgan fingerprint density at radius 3 is 2.36 bits per heavy atom. The molecule has 0 fully saturated rings. The number of nitrogens with one attached hydrogen (secondary N) is 4. The fourth-order valence-corrected chi connectivity index (χ4v) is 3.08. The van der Waals surface area contributed by atoms with Crippen molar-refractivity contribution in [1.29, 1.82) is 0 Å². The molecule has 174 valence electrons. The summed E-state index contributed by atoms with van der Waals surface area (Å²) in [4.78, 5) is 48.7. The van der Waals surface area contributed by atoms with Gasteiger partial charge < -0.3 is 30.7 Å². The van der Waals surface area contributed by atoms with Crippen LogP contribution in [0.3, 0.4) is 0 Å². The van der Waals surface area contributed by atoms with Gasteiger partial charge in [-0.2, -0.15) is 0 Å². The molecule has 0 bridgehead atoms. The Hall–Kier alpha value is -4.08. The van der Waals surface area contributed by atoms with E-state index in [-0.39, 0.29) is 26.3 Å². The van der Waals surface area contributed by atoms with Crippen LogP contribution in [0, 0.1) is 0 Å². The molecule has 0 saturated heterocycles. The van der Waals surface area contributed by atoms with E-state index in [1.54, 1.807) is 25.1 Å². The van der Waals surface area contributed by atoms with Crippen molar-refractivity contribution in [2.75, 3.05) is 13.3 Å². The van der Waals surface area contributed by atoms with Crippen LogP contribution in [0.15, 0.2) is 48.5 Å². The molecule has 1 aliphatic rings. The van der Waals surface area contributed by atoms with Gasteiger partial charge in [-0.25, -0.2) is 4.79 Å². The number of fused-ring (bicyclic) bond motifs is 1. The van der Waals surface area contributed by atoms with Crippen LogP contribution in [-0.4, -0.2) is 43.0 Å². The molecule has 10 nitrogen and oxygen atoms in total. The van der Waals surface area contributed by atoms with Crippen LogP contribution in [0.2, 0.25) is 0 Å². The lowest BCUT2D eigenvalue weighted by Gasteiger charge is -2.16. The van der Waals surface area contributed by atoms with E-state index in [2.05, 4.69) is 21.3 Å². The number of benzene rings is 2. The molecule has 4 N–H and O–H groups in total. The number of Topliss-reactive ketones (excluding diaryl/α,β-unsaturated/α-hetero) is 1. The molecule has 0 radical (unpaired) electrons. The van der Waals surface area contributed by atoms with Gasteiger partial charge in [-0.05, 0) is 29.7 Å². The van der Waals surface area contributed by atoms with Gasteiger partial charge in [0.15, 0.2) is 11.5 Å². The molecule has 3 rings (SSSR count). The van der Waals surface area contributed by atoms with E-state index in [4.69, 9.17) is 9.47 Å². The zero-order valence-electron chi connectivity index (χ0n) is 18.2. The Labute approximate surface area is 191 Å². The predicted molar refractivity (Wildman–Crippen MR) is 118 cm³/mol. The molecule has 33 heavy (non-hydrogen) atoms. The topological polar surface area (TPSA) is 135 Å². The zero-order valence-corrected chi connectivity index (χ0v) is 18.2. The number of carbonyl (C=O) groups is 4. The normalized spacial score (nSPS) is 12.4. The fraction of sp³-hybridized carbons (Fsp3) is 0.304. The van der Waals surface area contributed by atoms with Gasteiger partial charge in [0, 0.05) is 13.1 Å². The first kappa shape index (κ1) is 23.6. The Morgan fingerprint density at radius 2 is 1.61 bits per heavy atom. The third kappa shape index (κ3) is 6.96. The first-order valence-electron chi connectivity index (χ1n) is 10.5. The standard InChI is InChI=1S/C23H26N4O6/c1-2-17(27-20(28)13-26-23(31)25-11-15-6-4-3-5-7-15)21(29)22(30)24-12-16-8-9-18-19(10-16)33-14-32-18/h3-10,17H,2,11-14H2,1H3,(H,24,30)(H,27,28)(H2,25,26,31). The van der Waals surface area contributed by atoms with Gasteiger partial charge in [0.2, 0.25) is 18.5 Å². The molecule has 0 spiro atoms. The SMILES string of the molecule is CCC(NC(=O)CNC(=O)NCc1ccccc1)C(=O)C(=O)NCc1ccc2c(c1)OCO2. The molecule has 0 aliphatic carbocycles. The average molecular weight is 454 g/mol. The number of urea groups is 1. The quantitative estimate of drug-likeness (QED) is 0.396. The lowest BCUT2D eigenvalue weighted by Crippen LogP contribution is -2.50. The lowest BCUT2D eigenvalue weighted by atomic mass is 10.1. The second kappa shape index (κ2) is 11.5. The summed E-state index contributed by atoms with van der Waals surface area (Å²) < 4.78 is 10.5. The van der Waals surface area contributed by atoms with Gasteiger partial charge in [0.05, 0.1) is 12.6 Å². The van der Waals surface area contributed by atoms with Gasteiger partial charge in [-0.3, -0.25) is 14.4 Å². The van der Waals surface area contributed by atoms with E-state index in [1.807, 2.05) is 30.3 Å². The average Bonchev–Trinajstić information content (AvgIpc) is 3.31. The van der Waals surface area contributed by atoms with Crippen LogP contribution in [0.5, 0.6) is 11.5 Å². The molecule has 0 aromatic heterocycles. The number of hydrogen-bond acceptors (Lipinski definition) is 6. The highest BCUT2D eigenvalue weighted by Gasteiger charge is 2.25. The summed E-state index contributed by atoms with van der Waals surface area (Å²) in [7, 11) is 0. The van der Waals surface area contributed by atoms with Crippen LogP contribution in [-0.2, 0) is 27.5 Å². The molecule has 2 aromatic rings. The number of ketones is 1. The van der Waals surface area contributed by atoms with E-state index >= 15 is 0 Å². The van der Waals surface area contributed by atoms with Crippen molar-refractivity contribution in [3.05, 3.63) is 59.7 Å². The maximum Gasteiger partial charge on any atom is 0.315 e. The number of amides is 4. The van der Waals surface area contributed by atoms with Crippen molar-refractivity contribution in [3.8, 4) is 11.5 Å². The van der Waals surface area contributed by atoms with Gasteiger partial charge in [0.1, 0.15) is 0 Å². The summed E-state index contributed by atoms with van der Waals surface area (Å²) in [5, 5.41) is 10.1. The van der Waals surface area contributed by atoms with Crippen LogP contribution in [0.4, 0.5) is 4.79 Å². The highest BCUT2D eigenvalue weighted by Crippen LogP contribution is 2.32. The van der Waals surface area contributed by atoms with Gasteiger partial charge >= 0.3 is 6.03 Å². The van der Waals surface area contributed by atoms with Crippen LogP contribution in [0.1, 0.15) is 24.5 Å². The largest absolute Gasteiger partial charge is 0.454 e. The molecule has 1 heterocycles. The van der Waals surface area contributed by atoms with E-state index in [0.29, 0.717) is 18.0 Å². The Kier molecular flexibility index (Phi) is 8.23.